The van der Waals surface area contributed by atoms with Crippen LogP contribution in [0.3, 0.4) is 0 Å². The maximum Gasteiger partial charge on any atom is 0.225 e. The summed E-state index contributed by atoms with van der Waals surface area (Å²) < 4.78 is 0. The van der Waals surface area contributed by atoms with Gasteiger partial charge >= 0.3 is 0 Å². The van der Waals surface area contributed by atoms with Gasteiger partial charge in [-0.1, -0.05) is 6.07 Å². The Morgan fingerprint density at radius 1 is 1.07 bits per heavy atom. The lowest BCUT2D eigenvalue weighted by Gasteiger charge is -2.42. The number of nitrogens with zero attached hydrogens (tertiary/aromatic N) is 3. The van der Waals surface area contributed by atoms with Crippen LogP contribution in [0.5, 0.6) is 0 Å². The summed E-state index contributed by atoms with van der Waals surface area (Å²) in [7, 11) is 0. The minimum absolute atomic E-state index is 0.0599. The molecule has 28 heavy (non-hydrogen) atoms. The highest BCUT2D eigenvalue weighted by Crippen LogP contribution is 2.32. The molecule has 6 heteroatoms. The number of nitrogens with one attached hydrogen (secondary N) is 1. The minimum Gasteiger partial charge on any atom is -0.350 e. The number of aryl methyl sites for hydroxylation is 1. The van der Waals surface area contributed by atoms with E-state index in [1.54, 1.807) is 0 Å². The average molecular weight is 385 g/mol. The Hall–Kier alpha value is -1.95. The smallest absolute Gasteiger partial charge is 0.225 e. The van der Waals surface area contributed by atoms with Crippen LogP contribution in [0.4, 0.5) is 0 Å². The molecule has 0 radical (unpaired) electrons. The Morgan fingerprint density at radius 2 is 1.86 bits per heavy atom. The number of hydrogen-bond donors (Lipinski definition) is 1. The molecule has 2 saturated heterocycles. The Morgan fingerprint density at radius 3 is 2.57 bits per heavy atom. The lowest BCUT2D eigenvalue weighted by molar-refractivity contribution is -0.134. The van der Waals surface area contributed by atoms with Crippen molar-refractivity contribution in [2.75, 3.05) is 26.2 Å². The summed E-state index contributed by atoms with van der Waals surface area (Å²) in [5, 5.41) is 3.08. The number of carbonyl (C=O) groups excluding carboxylic acids is 2. The van der Waals surface area contributed by atoms with Crippen LogP contribution in [-0.2, 0) is 16.1 Å². The van der Waals surface area contributed by atoms with Gasteiger partial charge in [-0.05, 0) is 64.1 Å². The normalized spacial score (nSPS) is 24.2. The molecule has 2 aliphatic heterocycles. The number of aromatic nitrogens is 1. The summed E-state index contributed by atoms with van der Waals surface area (Å²) in [6.07, 6.45) is 6.28. The summed E-state index contributed by atoms with van der Waals surface area (Å²) in [6.45, 7) is 6.14. The largest absolute Gasteiger partial charge is 0.350 e. The molecule has 152 valence electrons. The van der Waals surface area contributed by atoms with E-state index in [1.165, 1.54) is 0 Å². The molecule has 3 aliphatic rings. The third-order valence-corrected chi connectivity index (χ3v) is 6.43. The van der Waals surface area contributed by atoms with Crippen LogP contribution >= 0.6 is 0 Å². The predicted octanol–water partition coefficient (Wildman–Crippen LogP) is 2.12. The molecule has 0 aromatic carbocycles. The maximum atomic E-state index is 12.7. The molecule has 0 spiro atoms. The summed E-state index contributed by atoms with van der Waals surface area (Å²) in [4.78, 5) is 34.0. The lowest BCUT2D eigenvalue weighted by Crippen LogP contribution is -2.51. The zero-order valence-corrected chi connectivity index (χ0v) is 16.9. The number of rotatable bonds is 5. The zero-order valence-electron chi connectivity index (χ0n) is 16.9. The van der Waals surface area contributed by atoms with E-state index in [2.05, 4.69) is 20.1 Å². The van der Waals surface area contributed by atoms with E-state index in [-0.39, 0.29) is 11.8 Å². The molecule has 4 rings (SSSR count). The van der Waals surface area contributed by atoms with Crippen molar-refractivity contribution < 1.29 is 9.59 Å². The van der Waals surface area contributed by atoms with Crippen LogP contribution in [0.1, 0.15) is 49.9 Å². The van der Waals surface area contributed by atoms with E-state index in [0.717, 1.165) is 76.1 Å². The van der Waals surface area contributed by atoms with Crippen LogP contribution in [0, 0.1) is 18.8 Å². The highest BCUT2D eigenvalue weighted by atomic mass is 16.2. The number of pyridine rings is 1. The van der Waals surface area contributed by atoms with Crippen molar-refractivity contribution in [2.45, 2.75) is 58.0 Å². The first kappa shape index (κ1) is 19.4. The van der Waals surface area contributed by atoms with Gasteiger partial charge in [0.05, 0.1) is 18.2 Å². The summed E-state index contributed by atoms with van der Waals surface area (Å²) in [5.41, 5.74) is 1.89. The van der Waals surface area contributed by atoms with Gasteiger partial charge in [-0.15, -0.1) is 0 Å². The number of piperidine rings is 2. The fourth-order valence-electron chi connectivity index (χ4n) is 4.61. The highest BCUT2D eigenvalue weighted by molar-refractivity contribution is 5.81. The van der Waals surface area contributed by atoms with Gasteiger partial charge < -0.3 is 10.2 Å². The van der Waals surface area contributed by atoms with E-state index in [1.807, 2.05) is 25.1 Å². The van der Waals surface area contributed by atoms with Crippen LogP contribution in [0.2, 0.25) is 0 Å². The van der Waals surface area contributed by atoms with Crippen molar-refractivity contribution in [1.29, 1.82) is 0 Å². The molecule has 1 aliphatic carbocycles. The summed E-state index contributed by atoms with van der Waals surface area (Å²) in [6, 6.07) is 6.41. The second-order valence-corrected chi connectivity index (χ2v) is 8.65. The summed E-state index contributed by atoms with van der Waals surface area (Å²) in [5.74, 6) is 0.903. The summed E-state index contributed by atoms with van der Waals surface area (Å²) >= 11 is 0. The molecule has 0 bridgehead atoms. The van der Waals surface area contributed by atoms with E-state index in [4.69, 9.17) is 0 Å². The molecule has 1 atom stereocenters. The Kier molecular flexibility index (Phi) is 5.95. The number of amides is 2. The fourth-order valence-corrected chi connectivity index (χ4v) is 4.61. The van der Waals surface area contributed by atoms with Gasteiger partial charge in [-0.2, -0.15) is 0 Å². The van der Waals surface area contributed by atoms with Gasteiger partial charge in [0.15, 0.2) is 0 Å². The number of carbonyl (C=O) groups is 2. The molecule has 3 heterocycles. The molecule has 2 amide bonds. The molecule has 1 N–H and O–H groups in total. The third-order valence-electron chi connectivity index (χ3n) is 6.43. The van der Waals surface area contributed by atoms with Gasteiger partial charge in [-0.25, -0.2) is 0 Å². The van der Waals surface area contributed by atoms with Gasteiger partial charge in [-0.3, -0.25) is 19.5 Å². The Balaban J connectivity index is 1.24. The van der Waals surface area contributed by atoms with Crippen molar-refractivity contribution in [2.24, 2.45) is 11.8 Å². The van der Waals surface area contributed by atoms with Crippen molar-refractivity contribution in [1.82, 2.24) is 20.1 Å². The minimum atomic E-state index is 0.0599. The fraction of sp³-hybridized carbons (Fsp3) is 0.682. The van der Waals surface area contributed by atoms with E-state index in [9.17, 15) is 9.59 Å². The van der Waals surface area contributed by atoms with Crippen molar-refractivity contribution >= 4 is 11.8 Å². The lowest BCUT2D eigenvalue weighted by atomic mass is 9.93. The number of hydrogen-bond acceptors (Lipinski definition) is 4. The van der Waals surface area contributed by atoms with Gasteiger partial charge in [0.1, 0.15) is 0 Å². The second kappa shape index (κ2) is 8.60. The Labute approximate surface area is 167 Å². The zero-order chi connectivity index (χ0) is 19.5. The first-order valence-corrected chi connectivity index (χ1v) is 10.8. The maximum absolute atomic E-state index is 12.7. The molecule has 1 unspecified atom stereocenters. The first-order chi connectivity index (χ1) is 13.6. The number of likely N-dealkylation sites (tertiary alicyclic amines) is 2. The molecular formula is C22H32N4O2. The first-order valence-electron chi connectivity index (χ1n) is 10.8. The SMILES string of the molecule is Cc1cccc(CNC(=O)C2CCCN(C3CCN(C(=O)C4CC4)CC3)C2)n1. The molecule has 6 nitrogen and oxygen atoms in total. The van der Waals surface area contributed by atoms with Crippen molar-refractivity contribution in [3.05, 3.63) is 29.6 Å². The molecule has 1 aromatic heterocycles. The standard InChI is InChI=1S/C22H32N4O2/c1-16-4-2-6-19(24-16)14-23-21(27)18-5-3-11-26(15-18)20-9-12-25(13-10-20)22(28)17-7-8-17/h2,4,6,17-18,20H,3,5,7-15H2,1H3,(H,23,27). The van der Waals surface area contributed by atoms with Gasteiger partial charge in [0, 0.05) is 37.3 Å². The molecule has 3 fully saturated rings. The van der Waals surface area contributed by atoms with Crippen LogP contribution in [0.15, 0.2) is 18.2 Å². The monoisotopic (exact) mass is 384 g/mol. The van der Waals surface area contributed by atoms with Crippen LogP contribution in [-0.4, -0.2) is 58.8 Å². The van der Waals surface area contributed by atoms with Crippen LogP contribution < -0.4 is 5.32 Å². The van der Waals surface area contributed by atoms with Gasteiger partial charge in [0.25, 0.3) is 0 Å². The van der Waals surface area contributed by atoms with Crippen molar-refractivity contribution in [3.8, 4) is 0 Å². The van der Waals surface area contributed by atoms with Gasteiger partial charge in [0.2, 0.25) is 11.8 Å². The molecule has 1 aromatic rings. The van der Waals surface area contributed by atoms with Crippen molar-refractivity contribution in [3.63, 3.8) is 0 Å². The van der Waals surface area contributed by atoms with E-state index >= 15 is 0 Å². The predicted molar refractivity (Wildman–Crippen MR) is 107 cm³/mol. The average Bonchev–Trinajstić information content (AvgIpc) is 3.57. The highest BCUT2D eigenvalue weighted by Gasteiger charge is 2.37. The molecule has 1 saturated carbocycles. The van der Waals surface area contributed by atoms with E-state index < -0.39 is 0 Å². The Bertz CT molecular complexity index is 710. The van der Waals surface area contributed by atoms with E-state index in [0.29, 0.717) is 24.4 Å². The topological polar surface area (TPSA) is 65.5 Å². The van der Waals surface area contributed by atoms with Crippen LogP contribution in [0.25, 0.3) is 0 Å². The second-order valence-electron chi connectivity index (χ2n) is 8.65. The third kappa shape index (κ3) is 4.72. The molecular weight excluding hydrogens is 352 g/mol. The quantitative estimate of drug-likeness (QED) is 0.845.